The molecule has 4 rings (SSSR count). The van der Waals surface area contributed by atoms with Crippen molar-refractivity contribution in [1.82, 2.24) is 14.1 Å². The van der Waals surface area contributed by atoms with Crippen molar-refractivity contribution in [3.8, 4) is 0 Å². The third kappa shape index (κ3) is 5.37. The first-order chi connectivity index (χ1) is 16.1. The maximum Gasteiger partial charge on any atom is 0.243 e. The molecule has 2 aromatic carbocycles. The van der Waals surface area contributed by atoms with Gasteiger partial charge in [-0.2, -0.15) is 4.31 Å². The molecule has 184 valence electrons. The number of nitrogens with zero attached hydrogens (tertiary/aromatic N) is 3. The molecule has 6 nitrogen and oxygen atoms in total. The smallest absolute Gasteiger partial charge is 0.243 e. The Morgan fingerprint density at radius 3 is 2.06 bits per heavy atom. The molecule has 0 saturated carbocycles. The number of carbonyl (C=O) groups excluding carboxylic acids is 1. The van der Waals surface area contributed by atoms with E-state index < -0.39 is 10.0 Å². The van der Waals surface area contributed by atoms with Crippen molar-refractivity contribution in [3.05, 3.63) is 64.2 Å². The first-order valence-corrected chi connectivity index (χ1v) is 13.7. The van der Waals surface area contributed by atoms with Gasteiger partial charge in [0.05, 0.1) is 4.90 Å². The third-order valence-corrected chi connectivity index (χ3v) is 9.38. The number of carbonyl (C=O) groups is 1. The summed E-state index contributed by atoms with van der Waals surface area (Å²) in [5.41, 5.74) is 5.23. The molecule has 0 unspecified atom stereocenters. The summed E-state index contributed by atoms with van der Waals surface area (Å²) in [4.78, 5) is 18.0. The zero-order valence-electron chi connectivity index (χ0n) is 20.9. The van der Waals surface area contributed by atoms with Gasteiger partial charge in [-0.15, -0.1) is 0 Å². The molecule has 2 saturated heterocycles. The van der Waals surface area contributed by atoms with Gasteiger partial charge in [0.25, 0.3) is 0 Å². The van der Waals surface area contributed by atoms with Crippen LogP contribution >= 0.6 is 0 Å². The molecular weight excluding hydrogens is 446 g/mol. The highest BCUT2D eigenvalue weighted by Crippen LogP contribution is 2.29. The summed E-state index contributed by atoms with van der Waals surface area (Å²) in [7, 11) is -3.55. The molecule has 0 aromatic heterocycles. The van der Waals surface area contributed by atoms with E-state index in [1.54, 1.807) is 4.31 Å². The number of amides is 1. The predicted octanol–water partition coefficient (Wildman–Crippen LogP) is 3.67. The van der Waals surface area contributed by atoms with Crippen LogP contribution in [0, 0.1) is 33.6 Å². The van der Waals surface area contributed by atoms with E-state index in [1.165, 1.54) is 11.1 Å². The summed E-state index contributed by atoms with van der Waals surface area (Å²) in [6.07, 6.45) is 1.18. The molecule has 0 aliphatic carbocycles. The number of benzene rings is 2. The van der Waals surface area contributed by atoms with Crippen LogP contribution in [0.4, 0.5) is 0 Å². The Morgan fingerprint density at radius 1 is 0.853 bits per heavy atom. The Labute approximate surface area is 204 Å². The topological polar surface area (TPSA) is 60.9 Å². The fraction of sp³-hybridized carbons (Fsp3) is 0.519. The third-order valence-electron chi connectivity index (χ3n) is 7.18. The van der Waals surface area contributed by atoms with Gasteiger partial charge in [-0.05, 0) is 57.2 Å². The van der Waals surface area contributed by atoms with Crippen molar-refractivity contribution < 1.29 is 13.2 Å². The fourth-order valence-electron chi connectivity index (χ4n) is 5.50. The maximum atomic E-state index is 13.4. The van der Waals surface area contributed by atoms with Crippen molar-refractivity contribution in [2.45, 2.75) is 52.0 Å². The lowest BCUT2D eigenvalue weighted by Crippen LogP contribution is -2.51. The van der Waals surface area contributed by atoms with Crippen LogP contribution in [0.15, 0.2) is 41.3 Å². The average molecular weight is 484 g/mol. The summed E-state index contributed by atoms with van der Waals surface area (Å²) < 4.78 is 28.3. The van der Waals surface area contributed by atoms with Gasteiger partial charge < -0.3 is 4.90 Å². The van der Waals surface area contributed by atoms with E-state index in [2.05, 4.69) is 36.1 Å². The number of piperazine rings is 1. The summed E-state index contributed by atoms with van der Waals surface area (Å²) in [5.74, 6) is 0.102. The van der Waals surface area contributed by atoms with E-state index in [4.69, 9.17) is 0 Å². The molecular formula is C27H37N3O3S. The van der Waals surface area contributed by atoms with Gasteiger partial charge in [0.2, 0.25) is 15.9 Å². The molecule has 2 aromatic rings. The zero-order valence-corrected chi connectivity index (χ0v) is 21.7. The summed E-state index contributed by atoms with van der Waals surface area (Å²) in [6.45, 7) is 12.8. The van der Waals surface area contributed by atoms with Crippen molar-refractivity contribution >= 4 is 15.9 Å². The second-order valence-electron chi connectivity index (χ2n) is 10.00. The first-order valence-electron chi connectivity index (χ1n) is 12.3. The van der Waals surface area contributed by atoms with Gasteiger partial charge >= 0.3 is 0 Å². The van der Waals surface area contributed by atoms with Crippen molar-refractivity contribution in [3.63, 3.8) is 0 Å². The molecule has 7 heteroatoms. The van der Waals surface area contributed by atoms with Crippen LogP contribution < -0.4 is 0 Å². The molecule has 2 aliphatic rings. The van der Waals surface area contributed by atoms with Crippen LogP contribution in [0.25, 0.3) is 0 Å². The van der Waals surface area contributed by atoms with E-state index in [0.29, 0.717) is 30.8 Å². The average Bonchev–Trinajstić information content (AvgIpc) is 2.78. The molecule has 0 spiro atoms. The molecule has 0 radical (unpaired) electrons. The van der Waals surface area contributed by atoms with Crippen LogP contribution in [0.2, 0.25) is 0 Å². The second-order valence-corrected chi connectivity index (χ2v) is 11.9. The lowest BCUT2D eigenvalue weighted by Gasteiger charge is -2.38. The minimum absolute atomic E-state index is 0.0880. The van der Waals surface area contributed by atoms with Gasteiger partial charge in [0.15, 0.2) is 0 Å². The summed E-state index contributed by atoms with van der Waals surface area (Å²) in [5, 5.41) is 0. The quantitative estimate of drug-likeness (QED) is 0.651. The Morgan fingerprint density at radius 2 is 1.47 bits per heavy atom. The number of hydrogen-bond donors (Lipinski definition) is 0. The number of sulfonamides is 1. The molecule has 34 heavy (non-hydrogen) atoms. The van der Waals surface area contributed by atoms with E-state index in [0.717, 1.165) is 49.4 Å². The van der Waals surface area contributed by atoms with Gasteiger partial charge in [-0.1, -0.05) is 47.5 Å². The lowest BCUT2D eigenvalue weighted by molar-refractivity contribution is -0.138. The molecule has 0 bridgehead atoms. The molecule has 1 amide bonds. The normalized spacial score (nSPS) is 18.9. The second kappa shape index (κ2) is 10.2. The zero-order chi connectivity index (χ0) is 24.5. The van der Waals surface area contributed by atoms with Gasteiger partial charge in [0, 0.05) is 51.7 Å². The Hall–Kier alpha value is -2.22. The largest absolute Gasteiger partial charge is 0.340 e. The SMILES string of the molecule is Cc1cccc(CN2CCN(C(=O)C3CCN(S(=O)(=O)c4c(C)cc(C)cc4C)CC3)CC2)c1. The van der Waals surface area contributed by atoms with Crippen LogP contribution in [0.1, 0.15) is 40.7 Å². The van der Waals surface area contributed by atoms with E-state index in [1.807, 2.05) is 37.8 Å². The maximum absolute atomic E-state index is 13.4. The van der Waals surface area contributed by atoms with Gasteiger partial charge in [-0.25, -0.2) is 8.42 Å². The minimum atomic E-state index is -3.55. The molecule has 2 aliphatic heterocycles. The standard InChI is InChI=1S/C27H37N3O3S/c1-20-6-5-7-24(18-20)19-28-12-14-29(15-13-28)27(31)25-8-10-30(11-9-25)34(32,33)26-22(3)16-21(2)17-23(26)4/h5-7,16-18,25H,8-15,19H2,1-4H3. The number of aryl methyl sites for hydroxylation is 4. The Bertz CT molecular complexity index is 1120. The molecule has 0 atom stereocenters. The lowest BCUT2D eigenvalue weighted by atomic mass is 9.96. The summed E-state index contributed by atoms with van der Waals surface area (Å²) in [6, 6.07) is 12.4. The molecule has 2 fully saturated rings. The number of hydrogen-bond acceptors (Lipinski definition) is 4. The highest BCUT2D eigenvalue weighted by atomic mass is 32.2. The highest BCUT2D eigenvalue weighted by Gasteiger charge is 2.35. The summed E-state index contributed by atoms with van der Waals surface area (Å²) >= 11 is 0. The van der Waals surface area contributed by atoms with Crippen LogP contribution in [-0.4, -0.2) is 67.7 Å². The van der Waals surface area contributed by atoms with Crippen LogP contribution in [0.5, 0.6) is 0 Å². The molecule has 0 N–H and O–H groups in total. The fourth-order valence-corrected chi connectivity index (χ4v) is 7.38. The van der Waals surface area contributed by atoms with E-state index in [-0.39, 0.29) is 11.8 Å². The van der Waals surface area contributed by atoms with Crippen LogP contribution in [0.3, 0.4) is 0 Å². The Balaban J connectivity index is 1.31. The van der Waals surface area contributed by atoms with E-state index in [9.17, 15) is 13.2 Å². The number of rotatable bonds is 5. The van der Waals surface area contributed by atoms with Crippen molar-refractivity contribution in [1.29, 1.82) is 0 Å². The van der Waals surface area contributed by atoms with Crippen molar-refractivity contribution in [2.75, 3.05) is 39.3 Å². The van der Waals surface area contributed by atoms with Gasteiger partial charge in [0.1, 0.15) is 0 Å². The highest BCUT2D eigenvalue weighted by molar-refractivity contribution is 7.89. The van der Waals surface area contributed by atoms with Crippen LogP contribution in [-0.2, 0) is 21.4 Å². The molecule has 2 heterocycles. The Kier molecular flexibility index (Phi) is 7.45. The van der Waals surface area contributed by atoms with Crippen molar-refractivity contribution in [2.24, 2.45) is 5.92 Å². The van der Waals surface area contributed by atoms with Gasteiger partial charge in [-0.3, -0.25) is 9.69 Å². The predicted molar refractivity (Wildman–Crippen MR) is 135 cm³/mol. The first kappa shape index (κ1) is 24.9. The number of piperidine rings is 1. The van der Waals surface area contributed by atoms with E-state index >= 15 is 0 Å². The monoisotopic (exact) mass is 483 g/mol. The minimum Gasteiger partial charge on any atom is -0.340 e.